The molecule has 26 heavy (non-hydrogen) atoms. The second kappa shape index (κ2) is 7.52. The van der Waals surface area contributed by atoms with E-state index in [1.165, 1.54) is 0 Å². The van der Waals surface area contributed by atoms with Gasteiger partial charge in [-0.1, -0.05) is 45.0 Å². The number of benzene rings is 2. The van der Waals surface area contributed by atoms with E-state index in [1.54, 1.807) is 42.5 Å². The summed E-state index contributed by atoms with van der Waals surface area (Å²) >= 11 is 4.06. The number of sulfonamides is 1. The van der Waals surface area contributed by atoms with Gasteiger partial charge in [-0.25, -0.2) is 0 Å². The number of anilines is 2. The molecule has 0 saturated heterocycles. The molecular weight excluding hydrogens is 440 g/mol. The van der Waals surface area contributed by atoms with E-state index in [4.69, 9.17) is 0 Å². The zero-order valence-electron chi connectivity index (χ0n) is 13.4. The molecule has 0 fully saturated rings. The van der Waals surface area contributed by atoms with Crippen LogP contribution in [0.1, 0.15) is 15.9 Å². The van der Waals surface area contributed by atoms with Gasteiger partial charge in [-0.3, -0.25) is 14.8 Å². The summed E-state index contributed by atoms with van der Waals surface area (Å²) < 4.78 is 27.8. The number of halogens is 1. The fraction of sp³-hybridized carbons (Fsp3) is 0.0625. The highest BCUT2D eigenvalue weighted by Crippen LogP contribution is 2.24. The van der Waals surface area contributed by atoms with Crippen LogP contribution < -0.4 is 10.0 Å². The maximum atomic E-state index is 12.4. The standard InChI is InChI=1S/C16H13BrN4O3S2/c1-10-3-2-4-11(9-10)14(22)18-15-19-20-16(25-15)26(23,24)21-13-7-5-12(17)6-8-13/h2-9,21H,1H3,(H,18,19,22). The number of carbonyl (C=O) groups is 1. The number of carbonyl (C=O) groups excluding carboxylic acids is 1. The van der Waals surface area contributed by atoms with Crippen LogP contribution in [-0.2, 0) is 10.0 Å². The molecule has 0 aliphatic carbocycles. The van der Waals surface area contributed by atoms with E-state index in [0.29, 0.717) is 11.3 Å². The number of aromatic nitrogens is 2. The predicted molar refractivity (Wildman–Crippen MR) is 104 cm³/mol. The van der Waals surface area contributed by atoms with E-state index >= 15 is 0 Å². The monoisotopic (exact) mass is 452 g/mol. The molecule has 10 heteroatoms. The Labute approximate surface area is 162 Å². The van der Waals surface area contributed by atoms with Gasteiger partial charge in [0.2, 0.25) is 5.13 Å². The van der Waals surface area contributed by atoms with Crippen molar-refractivity contribution in [2.24, 2.45) is 0 Å². The van der Waals surface area contributed by atoms with Crippen molar-refractivity contribution in [2.75, 3.05) is 10.0 Å². The quantitative estimate of drug-likeness (QED) is 0.575. The zero-order valence-corrected chi connectivity index (χ0v) is 16.7. The van der Waals surface area contributed by atoms with Crippen LogP contribution in [0.5, 0.6) is 0 Å². The number of aryl methyl sites for hydroxylation is 1. The molecule has 1 amide bonds. The van der Waals surface area contributed by atoms with Crippen molar-refractivity contribution in [3.63, 3.8) is 0 Å². The lowest BCUT2D eigenvalue weighted by Gasteiger charge is -2.04. The maximum absolute atomic E-state index is 12.4. The molecule has 0 aliphatic heterocycles. The Morgan fingerprint density at radius 2 is 1.85 bits per heavy atom. The Balaban J connectivity index is 1.74. The van der Waals surface area contributed by atoms with Crippen molar-refractivity contribution < 1.29 is 13.2 Å². The summed E-state index contributed by atoms with van der Waals surface area (Å²) in [7, 11) is -3.88. The van der Waals surface area contributed by atoms with Crippen molar-refractivity contribution in [1.82, 2.24) is 10.2 Å². The molecule has 1 aromatic heterocycles. The van der Waals surface area contributed by atoms with Gasteiger partial charge in [-0.2, -0.15) is 8.42 Å². The Morgan fingerprint density at radius 3 is 2.54 bits per heavy atom. The van der Waals surface area contributed by atoms with Crippen LogP contribution >= 0.6 is 27.3 Å². The first kappa shape index (κ1) is 18.5. The average Bonchev–Trinajstić information content (AvgIpc) is 3.06. The van der Waals surface area contributed by atoms with Crippen molar-refractivity contribution >= 4 is 54.0 Å². The van der Waals surface area contributed by atoms with Crippen molar-refractivity contribution in [1.29, 1.82) is 0 Å². The normalized spacial score (nSPS) is 11.2. The average molecular weight is 453 g/mol. The zero-order chi connectivity index (χ0) is 18.7. The lowest BCUT2D eigenvalue weighted by molar-refractivity contribution is 0.102. The molecule has 3 aromatic rings. The highest BCUT2D eigenvalue weighted by Gasteiger charge is 2.21. The molecule has 0 aliphatic rings. The summed E-state index contributed by atoms with van der Waals surface area (Å²) in [6.45, 7) is 1.88. The van der Waals surface area contributed by atoms with Gasteiger partial charge in [-0.15, -0.1) is 10.2 Å². The van der Waals surface area contributed by atoms with Crippen LogP contribution in [-0.4, -0.2) is 24.5 Å². The molecule has 2 N–H and O–H groups in total. The Bertz CT molecular complexity index is 1050. The first-order chi connectivity index (χ1) is 12.3. The third kappa shape index (κ3) is 4.45. The molecule has 0 spiro atoms. The summed E-state index contributed by atoms with van der Waals surface area (Å²) in [4.78, 5) is 12.2. The van der Waals surface area contributed by atoms with Crippen molar-refractivity contribution in [2.45, 2.75) is 11.3 Å². The third-order valence-corrected chi connectivity index (χ3v) is 6.35. The summed E-state index contributed by atoms with van der Waals surface area (Å²) in [6, 6.07) is 13.7. The highest BCUT2D eigenvalue weighted by atomic mass is 79.9. The largest absolute Gasteiger partial charge is 0.296 e. The topological polar surface area (TPSA) is 101 Å². The van der Waals surface area contributed by atoms with Crippen LogP contribution in [0, 0.1) is 6.92 Å². The van der Waals surface area contributed by atoms with Gasteiger partial charge in [0, 0.05) is 15.7 Å². The van der Waals surface area contributed by atoms with Crippen LogP contribution in [0.4, 0.5) is 10.8 Å². The molecule has 0 radical (unpaired) electrons. The summed E-state index contributed by atoms with van der Waals surface area (Å²) in [5.74, 6) is -0.380. The van der Waals surface area contributed by atoms with Gasteiger partial charge in [0.15, 0.2) is 0 Å². The van der Waals surface area contributed by atoms with Gasteiger partial charge >= 0.3 is 0 Å². The van der Waals surface area contributed by atoms with Gasteiger partial charge in [0.1, 0.15) is 0 Å². The van der Waals surface area contributed by atoms with E-state index in [-0.39, 0.29) is 15.4 Å². The van der Waals surface area contributed by atoms with Gasteiger partial charge in [0.05, 0.1) is 0 Å². The molecule has 7 nitrogen and oxygen atoms in total. The molecule has 0 saturated carbocycles. The summed E-state index contributed by atoms with van der Waals surface area (Å²) in [5, 5.41) is 10.1. The molecule has 2 aromatic carbocycles. The highest BCUT2D eigenvalue weighted by molar-refractivity contribution is 9.10. The van der Waals surface area contributed by atoms with Gasteiger partial charge in [-0.05, 0) is 43.3 Å². The Kier molecular flexibility index (Phi) is 5.35. The Hall–Kier alpha value is -2.30. The predicted octanol–water partition coefficient (Wildman–Crippen LogP) is 3.66. The lowest BCUT2D eigenvalue weighted by Crippen LogP contribution is -2.12. The second-order valence-corrected chi connectivity index (χ2v) is 9.06. The molecule has 0 bridgehead atoms. The number of hydrogen-bond acceptors (Lipinski definition) is 6. The number of amides is 1. The smallest absolute Gasteiger partial charge is 0.291 e. The van der Waals surface area contributed by atoms with E-state index < -0.39 is 10.0 Å². The van der Waals surface area contributed by atoms with E-state index in [9.17, 15) is 13.2 Å². The first-order valence-electron chi connectivity index (χ1n) is 7.33. The number of rotatable bonds is 5. The molecule has 0 unspecified atom stereocenters. The maximum Gasteiger partial charge on any atom is 0.291 e. The fourth-order valence-electron chi connectivity index (χ4n) is 2.04. The molecule has 134 valence electrons. The van der Waals surface area contributed by atoms with E-state index in [2.05, 4.69) is 36.2 Å². The molecule has 0 atom stereocenters. The van der Waals surface area contributed by atoms with Crippen LogP contribution in [0.2, 0.25) is 0 Å². The summed E-state index contributed by atoms with van der Waals surface area (Å²) in [5.41, 5.74) is 1.79. The third-order valence-electron chi connectivity index (χ3n) is 3.23. The van der Waals surface area contributed by atoms with Crippen molar-refractivity contribution in [3.8, 4) is 0 Å². The van der Waals surface area contributed by atoms with E-state index in [1.807, 2.05) is 13.0 Å². The molecule has 1 heterocycles. The van der Waals surface area contributed by atoms with E-state index in [0.717, 1.165) is 21.4 Å². The van der Waals surface area contributed by atoms with Gasteiger partial charge in [0.25, 0.3) is 20.3 Å². The van der Waals surface area contributed by atoms with Crippen LogP contribution in [0.3, 0.4) is 0 Å². The summed E-state index contributed by atoms with van der Waals surface area (Å²) in [6.07, 6.45) is 0. The van der Waals surface area contributed by atoms with Crippen molar-refractivity contribution in [3.05, 3.63) is 64.1 Å². The Morgan fingerprint density at radius 1 is 1.12 bits per heavy atom. The number of hydrogen-bond donors (Lipinski definition) is 2. The lowest BCUT2D eigenvalue weighted by atomic mass is 10.1. The number of nitrogens with one attached hydrogen (secondary N) is 2. The minimum atomic E-state index is -3.88. The molecule has 3 rings (SSSR count). The fourth-order valence-corrected chi connectivity index (χ4v) is 4.26. The van der Waals surface area contributed by atoms with Gasteiger partial charge < -0.3 is 0 Å². The minimum absolute atomic E-state index is 0.104. The van der Waals surface area contributed by atoms with Crippen LogP contribution in [0.15, 0.2) is 57.3 Å². The minimum Gasteiger partial charge on any atom is -0.296 e. The first-order valence-corrected chi connectivity index (χ1v) is 10.4. The number of nitrogens with zero attached hydrogens (tertiary/aromatic N) is 2. The van der Waals surface area contributed by atoms with Crippen LogP contribution in [0.25, 0.3) is 0 Å². The molecular formula is C16H13BrN4O3S2. The SMILES string of the molecule is Cc1cccc(C(=O)Nc2nnc(S(=O)(=O)Nc3ccc(Br)cc3)s2)c1. The second-order valence-electron chi connectivity index (χ2n) is 5.31.